The van der Waals surface area contributed by atoms with Gasteiger partial charge in [-0.2, -0.15) is 0 Å². The van der Waals surface area contributed by atoms with Gasteiger partial charge in [-0.1, -0.05) is 38.2 Å². The van der Waals surface area contributed by atoms with Gasteiger partial charge in [0.25, 0.3) is 5.56 Å². The van der Waals surface area contributed by atoms with Crippen molar-refractivity contribution in [3.8, 4) is 11.4 Å². The van der Waals surface area contributed by atoms with Gasteiger partial charge in [-0.15, -0.1) is 0 Å². The summed E-state index contributed by atoms with van der Waals surface area (Å²) in [7, 11) is 0. The smallest absolute Gasteiger partial charge is 0.262 e. The Morgan fingerprint density at radius 2 is 1.78 bits per heavy atom. The van der Waals surface area contributed by atoms with Crippen molar-refractivity contribution in [3.63, 3.8) is 0 Å². The van der Waals surface area contributed by atoms with Gasteiger partial charge in [-0.05, 0) is 110 Å². The molecule has 196 valence electrons. The molecule has 1 heterocycles. The summed E-state index contributed by atoms with van der Waals surface area (Å²) in [6.45, 7) is 0.267. The second-order valence-electron chi connectivity index (χ2n) is 11.9. The van der Waals surface area contributed by atoms with Gasteiger partial charge < -0.3 is 9.84 Å². The Bertz CT molecular complexity index is 1320. The number of hydrogen-bond acceptors (Lipinski definition) is 3. The van der Waals surface area contributed by atoms with Gasteiger partial charge in [-0.3, -0.25) is 9.36 Å². The van der Waals surface area contributed by atoms with E-state index in [4.69, 9.17) is 4.74 Å². The maximum absolute atomic E-state index is 15.2. The Morgan fingerprint density at radius 3 is 2.54 bits per heavy atom. The SMILES string of the molecule is O=c1c2ccc(OCC3(O)CCC3)cc2ccn1-c1ccc(CC2CCC(C3CCCCC3)C2)c(F)c1. The zero-order valence-electron chi connectivity index (χ0n) is 21.6. The van der Waals surface area contributed by atoms with Crippen LogP contribution in [-0.4, -0.2) is 21.9 Å². The molecular weight excluding hydrogens is 465 g/mol. The molecule has 0 aliphatic heterocycles. The van der Waals surface area contributed by atoms with Crippen LogP contribution < -0.4 is 10.3 Å². The van der Waals surface area contributed by atoms with E-state index in [9.17, 15) is 9.90 Å². The second kappa shape index (κ2) is 10.2. The van der Waals surface area contributed by atoms with E-state index in [0.717, 1.165) is 48.5 Å². The summed E-state index contributed by atoms with van der Waals surface area (Å²) in [5.41, 5.74) is 0.414. The first-order valence-corrected chi connectivity index (χ1v) is 14.3. The lowest BCUT2D eigenvalue weighted by molar-refractivity contribution is -0.0663. The Kier molecular flexibility index (Phi) is 6.83. The standard InChI is InChI=1S/C32H38FNO3/c33-30-20-27(10-9-26(30)18-22-7-8-24(17-22)23-5-2-1-3-6-23)34-16-13-25-19-28(11-12-29(25)31(34)35)37-21-32(36)14-4-15-32/h9-13,16,19-20,22-24,36H,1-8,14-15,17-18,21H2. The van der Waals surface area contributed by atoms with Crippen LogP contribution in [0.3, 0.4) is 0 Å². The highest BCUT2D eigenvalue weighted by Gasteiger charge is 2.35. The molecule has 1 aromatic heterocycles. The number of pyridine rings is 1. The number of ether oxygens (including phenoxy) is 1. The Balaban J connectivity index is 1.14. The molecule has 0 radical (unpaired) electrons. The van der Waals surface area contributed by atoms with Crippen molar-refractivity contribution in [2.24, 2.45) is 17.8 Å². The second-order valence-corrected chi connectivity index (χ2v) is 11.9. The van der Waals surface area contributed by atoms with Gasteiger partial charge >= 0.3 is 0 Å². The number of rotatable bonds is 7. The molecule has 5 heteroatoms. The average Bonchev–Trinajstić information content (AvgIpc) is 3.37. The largest absolute Gasteiger partial charge is 0.491 e. The van der Waals surface area contributed by atoms with Crippen molar-refractivity contribution in [3.05, 3.63) is 70.4 Å². The number of fused-ring (bicyclic) bond motifs is 1. The van der Waals surface area contributed by atoms with E-state index in [1.54, 1.807) is 18.3 Å². The molecule has 3 saturated carbocycles. The molecule has 4 nitrogen and oxygen atoms in total. The molecule has 0 amide bonds. The quantitative estimate of drug-likeness (QED) is 0.379. The third-order valence-electron chi connectivity index (χ3n) is 9.39. The summed E-state index contributed by atoms with van der Waals surface area (Å²) in [6, 6.07) is 12.5. The molecule has 2 atom stereocenters. The monoisotopic (exact) mass is 503 g/mol. The molecule has 3 fully saturated rings. The zero-order chi connectivity index (χ0) is 25.4. The predicted molar refractivity (Wildman–Crippen MR) is 145 cm³/mol. The Hall–Kier alpha value is -2.66. The van der Waals surface area contributed by atoms with Gasteiger partial charge in [0.15, 0.2) is 0 Å². The van der Waals surface area contributed by atoms with Gasteiger partial charge in [0.05, 0.1) is 11.3 Å². The van der Waals surface area contributed by atoms with Gasteiger partial charge in [0, 0.05) is 11.6 Å². The number of aliphatic hydroxyl groups is 1. The molecule has 0 saturated heterocycles. The van der Waals surface area contributed by atoms with E-state index in [0.29, 0.717) is 22.7 Å². The molecule has 2 unspecified atom stereocenters. The predicted octanol–water partition coefficient (Wildman–Crippen LogP) is 6.96. The molecule has 2 aromatic carbocycles. The minimum atomic E-state index is -0.719. The van der Waals surface area contributed by atoms with Crippen LogP contribution in [0.4, 0.5) is 4.39 Å². The van der Waals surface area contributed by atoms with Crippen molar-refractivity contribution >= 4 is 10.8 Å². The normalized spacial score (nSPS) is 23.7. The lowest BCUT2D eigenvalue weighted by Crippen LogP contribution is -2.42. The van der Waals surface area contributed by atoms with Crippen LogP contribution >= 0.6 is 0 Å². The van der Waals surface area contributed by atoms with Crippen molar-refractivity contribution in [2.75, 3.05) is 6.61 Å². The Labute approximate surface area is 218 Å². The first-order chi connectivity index (χ1) is 18.0. The Morgan fingerprint density at radius 1 is 0.946 bits per heavy atom. The van der Waals surface area contributed by atoms with Crippen molar-refractivity contribution in [2.45, 2.75) is 82.7 Å². The lowest BCUT2D eigenvalue weighted by Gasteiger charge is -2.36. The van der Waals surface area contributed by atoms with E-state index >= 15 is 4.39 Å². The van der Waals surface area contributed by atoms with E-state index in [-0.39, 0.29) is 18.0 Å². The van der Waals surface area contributed by atoms with Crippen LogP contribution in [-0.2, 0) is 6.42 Å². The first kappa shape index (κ1) is 24.7. The van der Waals surface area contributed by atoms with Crippen molar-refractivity contribution < 1.29 is 14.2 Å². The molecule has 3 aromatic rings. The third kappa shape index (κ3) is 5.20. The van der Waals surface area contributed by atoms with E-state index < -0.39 is 5.60 Å². The molecule has 3 aliphatic carbocycles. The molecule has 1 N–H and O–H groups in total. The van der Waals surface area contributed by atoms with Crippen LogP contribution in [0, 0.1) is 23.6 Å². The molecule has 6 rings (SSSR count). The van der Waals surface area contributed by atoms with Crippen LogP contribution in [0.5, 0.6) is 5.75 Å². The highest BCUT2D eigenvalue weighted by Crippen LogP contribution is 2.43. The molecule has 3 aliphatic rings. The fourth-order valence-corrected chi connectivity index (χ4v) is 6.96. The number of halogens is 1. The number of hydrogen-bond donors (Lipinski definition) is 1. The number of benzene rings is 2. The number of nitrogens with zero attached hydrogens (tertiary/aromatic N) is 1. The van der Waals surface area contributed by atoms with Crippen molar-refractivity contribution in [1.82, 2.24) is 4.57 Å². The van der Waals surface area contributed by atoms with Crippen LogP contribution in [0.2, 0.25) is 0 Å². The first-order valence-electron chi connectivity index (χ1n) is 14.3. The maximum Gasteiger partial charge on any atom is 0.262 e. The molecule has 0 bridgehead atoms. The number of aromatic nitrogens is 1. The highest BCUT2D eigenvalue weighted by molar-refractivity contribution is 5.83. The van der Waals surface area contributed by atoms with Gasteiger partial charge in [0.2, 0.25) is 0 Å². The van der Waals surface area contributed by atoms with Crippen LogP contribution in [0.1, 0.15) is 76.2 Å². The fourth-order valence-electron chi connectivity index (χ4n) is 6.96. The summed E-state index contributed by atoms with van der Waals surface area (Å²) in [4.78, 5) is 13.2. The zero-order valence-corrected chi connectivity index (χ0v) is 21.6. The van der Waals surface area contributed by atoms with E-state index in [1.165, 1.54) is 62.0 Å². The van der Waals surface area contributed by atoms with Crippen LogP contribution in [0.15, 0.2) is 53.5 Å². The summed E-state index contributed by atoms with van der Waals surface area (Å²) < 4.78 is 22.5. The fraction of sp³-hybridized carbons (Fsp3) is 0.531. The van der Waals surface area contributed by atoms with Gasteiger partial charge in [0.1, 0.15) is 18.2 Å². The molecule has 0 spiro atoms. The minimum absolute atomic E-state index is 0.181. The summed E-state index contributed by atoms with van der Waals surface area (Å²) in [5.74, 6) is 2.71. The average molecular weight is 504 g/mol. The van der Waals surface area contributed by atoms with E-state index in [1.807, 2.05) is 24.3 Å². The van der Waals surface area contributed by atoms with Gasteiger partial charge in [-0.25, -0.2) is 4.39 Å². The molecular formula is C32H38FNO3. The highest BCUT2D eigenvalue weighted by atomic mass is 19.1. The topological polar surface area (TPSA) is 51.5 Å². The lowest BCUT2D eigenvalue weighted by atomic mass is 9.79. The van der Waals surface area contributed by atoms with E-state index in [2.05, 4.69) is 0 Å². The summed E-state index contributed by atoms with van der Waals surface area (Å²) >= 11 is 0. The summed E-state index contributed by atoms with van der Waals surface area (Å²) in [5, 5.41) is 11.6. The van der Waals surface area contributed by atoms with Crippen molar-refractivity contribution in [1.29, 1.82) is 0 Å². The third-order valence-corrected chi connectivity index (χ3v) is 9.39. The van der Waals surface area contributed by atoms with Crippen LogP contribution in [0.25, 0.3) is 16.5 Å². The molecule has 37 heavy (non-hydrogen) atoms. The minimum Gasteiger partial charge on any atom is -0.491 e. The summed E-state index contributed by atoms with van der Waals surface area (Å²) in [6.07, 6.45) is 15.7. The maximum atomic E-state index is 15.2.